The summed E-state index contributed by atoms with van der Waals surface area (Å²) < 4.78 is 0. The maximum Gasteiger partial charge on any atom is 0.324 e. The Bertz CT molecular complexity index is 785. The van der Waals surface area contributed by atoms with Gasteiger partial charge >= 0.3 is 5.00 Å². The van der Waals surface area contributed by atoms with Gasteiger partial charge in [-0.1, -0.05) is 11.3 Å². The monoisotopic (exact) mass is 336 g/mol. The van der Waals surface area contributed by atoms with Crippen molar-refractivity contribution < 1.29 is 19.4 Å². The molecule has 0 atom stereocenters. The van der Waals surface area contributed by atoms with E-state index in [-0.39, 0.29) is 21.1 Å². The molecule has 0 radical (unpaired) electrons. The Hall–Kier alpha value is -3.34. The van der Waals surface area contributed by atoms with Crippen LogP contribution in [0, 0.1) is 20.2 Å². The normalized spacial score (nSPS) is 9.91. The largest absolute Gasteiger partial charge is 0.324 e. The molecule has 2 amide bonds. The van der Waals surface area contributed by atoms with E-state index >= 15 is 0 Å². The predicted molar refractivity (Wildman–Crippen MR) is 79.0 cm³/mol. The molecule has 1 heterocycles. The van der Waals surface area contributed by atoms with Crippen LogP contribution in [0.3, 0.4) is 0 Å². The second kappa shape index (κ2) is 6.62. The summed E-state index contributed by atoms with van der Waals surface area (Å²) in [5.41, 5.74) is 4.15. The topological polar surface area (TPSA) is 144 Å². The van der Waals surface area contributed by atoms with E-state index in [0.717, 1.165) is 12.1 Å². The van der Waals surface area contributed by atoms with E-state index in [4.69, 9.17) is 0 Å². The molecule has 0 aliphatic heterocycles. The number of non-ortho nitro benzene ring substituents is 1. The van der Waals surface area contributed by atoms with Crippen molar-refractivity contribution in [1.29, 1.82) is 0 Å². The van der Waals surface area contributed by atoms with Crippen LogP contribution in [-0.4, -0.2) is 21.7 Å². The van der Waals surface area contributed by atoms with Gasteiger partial charge in [0, 0.05) is 23.8 Å². The zero-order valence-corrected chi connectivity index (χ0v) is 12.0. The number of hydrogen-bond donors (Lipinski definition) is 2. The van der Waals surface area contributed by atoms with Crippen molar-refractivity contribution in [3.63, 3.8) is 0 Å². The summed E-state index contributed by atoms with van der Waals surface area (Å²) in [4.78, 5) is 43.4. The van der Waals surface area contributed by atoms with Crippen molar-refractivity contribution in [1.82, 2.24) is 10.9 Å². The number of amides is 2. The number of hydrogen-bond acceptors (Lipinski definition) is 7. The molecule has 0 aliphatic carbocycles. The first kappa shape index (κ1) is 16.0. The molecule has 2 aromatic rings. The van der Waals surface area contributed by atoms with Gasteiger partial charge in [-0.3, -0.25) is 40.7 Å². The number of nitrogens with one attached hydrogen (secondary N) is 2. The highest BCUT2D eigenvalue weighted by Gasteiger charge is 2.16. The SMILES string of the molecule is O=C(NNC(=O)c1ccc([N+](=O)[O-])s1)c1ccc([N+](=O)[O-])cc1. The molecule has 0 fully saturated rings. The third kappa shape index (κ3) is 3.85. The number of carbonyl (C=O) groups excluding carboxylic acids is 2. The third-order valence-electron chi connectivity index (χ3n) is 2.63. The molecule has 1 aromatic heterocycles. The molecule has 10 nitrogen and oxygen atoms in total. The number of nitro groups is 2. The number of carbonyl (C=O) groups is 2. The highest BCUT2D eigenvalue weighted by molar-refractivity contribution is 7.17. The minimum atomic E-state index is -0.710. The fourth-order valence-corrected chi connectivity index (χ4v) is 2.25. The summed E-state index contributed by atoms with van der Waals surface area (Å²) in [5, 5.41) is 20.8. The second-order valence-corrected chi connectivity index (χ2v) is 5.17. The number of nitrogens with zero attached hydrogens (tertiary/aromatic N) is 2. The van der Waals surface area contributed by atoms with Crippen LogP contribution in [0.4, 0.5) is 10.7 Å². The number of benzene rings is 1. The Labute approximate surface area is 132 Å². The molecule has 0 unspecified atom stereocenters. The van der Waals surface area contributed by atoms with Crippen molar-refractivity contribution in [2.45, 2.75) is 0 Å². The highest BCUT2D eigenvalue weighted by Crippen LogP contribution is 2.23. The van der Waals surface area contributed by atoms with Gasteiger partial charge in [-0.2, -0.15) is 0 Å². The van der Waals surface area contributed by atoms with Gasteiger partial charge < -0.3 is 0 Å². The number of rotatable bonds is 4. The molecule has 11 heteroatoms. The predicted octanol–water partition coefficient (Wildman–Crippen LogP) is 1.64. The van der Waals surface area contributed by atoms with E-state index in [1.54, 1.807) is 0 Å². The van der Waals surface area contributed by atoms with Crippen molar-refractivity contribution in [2.24, 2.45) is 0 Å². The first-order valence-electron chi connectivity index (χ1n) is 5.98. The molecule has 2 rings (SSSR count). The lowest BCUT2D eigenvalue weighted by Crippen LogP contribution is -2.41. The Balaban J connectivity index is 1.96. The van der Waals surface area contributed by atoms with Gasteiger partial charge in [-0.25, -0.2) is 0 Å². The summed E-state index contributed by atoms with van der Waals surface area (Å²) in [6.07, 6.45) is 0. The average molecular weight is 336 g/mol. The smallest absolute Gasteiger partial charge is 0.267 e. The van der Waals surface area contributed by atoms with Crippen LogP contribution in [0.5, 0.6) is 0 Å². The minimum Gasteiger partial charge on any atom is -0.267 e. The van der Waals surface area contributed by atoms with Crippen LogP contribution in [0.15, 0.2) is 36.4 Å². The second-order valence-electron chi connectivity index (χ2n) is 4.11. The lowest BCUT2D eigenvalue weighted by molar-refractivity contribution is -0.384. The summed E-state index contributed by atoms with van der Waals surface area (Å²) >= 11 is 0.664. The summed E-state index contributed by atoms with van der Waals surface area (Å²) in [5.74, 6) is -1.39. The molecule has 0 aliphatic rings. The van der Waals surface area contributed by atoms with Crippen molar-refractivity contribution in [3.8, 4) is 0 Å². The fraction of sp³-hybridized carbons (Fsp3) is 0. The number of nitro benzene ring substituents is 1. The molecule has 23 heavy (non-hydrogen) atoms. The number of thiophene rings is 1. The number of hydrazine groups is 1. The lowest BCUT2D eigenvalue weighted by Gasteiger charge is -2.05. The Morgan fingerprint density at radius 1 is 0.870 bits per heavy atom. The Morgan fingerprint density at radius 2 is 1.48 bits per heavy atom. The molecule has 0 saturated carbocycles. The van der Waals surface area contributed by atoms with E-state index in [1.165, 1.54) is 24.3 Å². The third-order valence-corrected chi connectivity index (χ3v) is 3.66. The first-order chi connectivity index (χ1) is 10.9. The molecule has 118 valence electrons. The van der Waals surface area contributed by atoms with E-state index in [9.17, 15) is 29.8 Å². The molecular weight excluding hydrogens is 328 g/mol. The van der Waals surface area contributed by atoms with Crippen molar-refractivity contribution >= 4 is 33.8 Å². The molecular formula is C12H8N4O6S. The van der Waals surface area contributed by atoms with Crippen LogP contribution in [0.25, 0.3) is 0 Å². The van der Waals surface area contributed by atoms with Gasteiger partial charge in [0.05, 0.1) is 9.85 Å². The zero-order chi connectivity index (χ0) is 17.0. The van der Waals surface area contributed by atoms with Gasteiger partial charge in [0.2, 0.25) is 0 Å². The minimum absolute atomic E-state index is 0.0562. The molecule has 1 aromatic carbocycles. The van der Waals surface area contributed by atoms with Crippen LogP contribution in [0.2, 0.25) is 0 Å². The van der Waals surface area contributed by atoms with Crippen LogP contribution in [0.1, 0.15) is 20.0 Å². The standard InChI is InChI=1S/C12H8N4O6S/c17-11(7-1-3-8(4-2-7)15(19)20)13-14-12(18)9-5-6-10(23-9)16(21)22/h1-6H,(H,13,17)(H,14,18). The maximum absolute atomic E-state index is 11.8. The average Bonchev–Trinajstić information content (AvgIpc) is 3.02. The fourth-order valence-electron chi connectivity index (χ4n) is 1.53. The van der Waals surface area contributed by atoms with Gasteiger partial charge in [0.15, 0.2) is 0 Å². The van der Waals surface area contributed by atoms with E-state index in [0.29, 0.717) is 11.3 Å². The van der Waals surface area contributed by atoms with Crippen LogP contribution >= 0.6 is 11.3 Å². The van der Waals surface area contributed by atoms with E-state index in [2.05, 4.69) is 10.9 Å². The van der Waals surface area contributed by atoms with Gasteiger partial charge in [-0.15, -0.1) is 0 Å². The molecule has 0 saturated heterocycles. The van der Waals surface area contributed by atoms with E-state index < -0.39 is 21.7 Å². The first-order valence-corrected chi connectivity index (χ1v) is 6.79. The van der Waals surface area contributed by atoms with E-state index in [1.807, 2.05) is 0 Å². The van der Waals surface area contributed by atoms with Gasteiger partial charge in [0.1, 0.15) is 4.88 Å². The van der Waals surface area contributed by atoms with Crippen LogP contribution < -0.4 is 10.9 Å². The quantitative estimate of drug-likeness (QED) is 0.641. The molecule has 2 N–H and O–H groups in total. The van der Waals surface area contributed by atoms with Crippen LogP contribution in [-0.2, 0) is 0 Å². The molecule has 0 bridgehead atoms. The highest BCUT2D eigenvalue weighted by atomic mass is 32.1. The van der Waals surface area contributed by atoms with Gasteiger partial charge in [-0.05, 0) is 18.2 Å². The summed E-state index contributed by atoms with van der Waals surface area (Å²) in [6, 6.07) is 7.21. The summed E-state index contributed by atoms with van der Waals surface area (Å²) in [7, 11) is 0. The Morgan fingerprint density at radius 3 is 2.00 bits per heavy atom. The maximum atomic E-state index is 11.8. The van der Waals surface area contributed by atoms with Crippen molar-refractivity contribution in [3.05, 3.63) is 67.1 Å². The zero-order valence-electron chi connectivity index (χ0n) is 11.2. The molecule has 0 spiro atoms. The Kier molecular flexibility index (Phi) is 4.61. The van der Waals surface area contributed by atoms with Crippen molar-refractivity contribution in [2.75, 3.05) is 0 Å². The summed E-state index contributed by atoms with van der Waals surface area (Å²) in [6.45, 7) is 0. The lowest BCUT2D eigenvalue weighted by atomic mass is 10.2. The van der Waals surface area contributed by atoms with Gasteiger partial charge in [0.25, 0.3) is 17.5 Å².